The van der Waals surface area contributed by atoms with Crippen molar-refractivity contribution in [3.8, 4) is 5.75 Å². The standard InChI is InChI=1S/C31H38FN3O3/c1-6-34-25-14-13-24(28(32)29(25)33)27(20(3)30(36)37)21-12-11-19(2)23(15-21)17-35-16-22-9-7-8-10-26(22)38-31(4,5)18-35/h7-15,20,27,34H,6,16-18,33H2,1-5H3,(H,36,37). The normalized spacial score (nSPS) is 16.6. The Hall–Kier alpha value is -3.58. The van der Waals surface area contributed by atoms with E-state index in [2.05, 4.69) is 30.1 Å². The Labute approximate surface area is 224 Å². The van der Waals surface area contributed by atoms with E-state index in [0.717, 1.165) is 41.1 Å². The van der Waals surface area contributed by atoms with Gasteiger partial charge >= 0.3 is 5.97 Å². The minimum absolute atomic E-state index is 0.00439. The molecule has 0 saturated heterocycles. The van der Waals surface area contributed by atoms with Gasteiger partial charge in [0.2, 0.25) is 0 Å². The smallest absolute Gasteiger partial charge is 0.307 e. The molecule has 3 aromatic rings. The lowest BCUT2D eigenvalue weighted by Crippen LogP contribution is -2.40. The number of fused-ring (bicyclic) bond motifs is 1. The monoisotopic (exact) mass is 519 g/mol. The van der Waals surface area contributed by atoms with Gasteiger partial charge in [0.1, 0.15) is 11.4 Å². The molecule has 2 unspecified atom stereocenters. The second kappa shape index (κ2) is 11.0. The molecule has 1 aliphatic rings. The minimum atomic E-state index is -0.992. The van der Waals surface area contributed by atoms with Gasteiger partial charge in [-0.2, -0.15) is 0 Å². The third kappa shape index (κ3) is 5.78. The number of carboxylic acid groups (broad SMARTS) is 1. The molecule has 0 spiro atoms. The van der Waals surface area contributed by atoms with Crippen molar-refractivity contribution in [2.75, 3.05) is 24.1 Å². The second-order valence-electron chi connectivity index (χ2n) is 10.9. The Morgan fingerprint density at radius 2 is 1.95 bits per heavy atom. The van der Waals surface area contributed by atoms with E-state index >= 15 is 4.39 Å². The number of para-hydroxylation sites is 1. The molecule has 202 valence electrons. The molecule has 0 amide bonds. The number of anilines is 2. The van der Waals surface area contributed by atoms with Crippen LogP contribution >= 0.6 is 0 Å². The number of ether oxygens (including phenoxy) is 1. The number of rotatable bonds is 8. The Morgan fingerprint density at radius 3 is 2.66 bits per heavy atom. The van der Waals surface area contributed by atoms with Crippen molar-refractivity contribution in [3.63, 3.8) is 0 Å². The summed E-state index contributed by atoms with van der Waals surface area (Å²) in [6.07, 6.45) is 0. The maximum absolute atomic E-state index is 15.6. The summed E-state index contributed by atoms with van der Waals surface area (Å²) in [5, 5.41) is 13.0. The third-order valence-electron chi connectivity index (χ3n) is 7.28. The number of nitrogens with one attached hydrogen (secondary N) is 1. The molecule has 38 heavy (non-hydrogen) atoms. The van der Waals surface area contributed by atoms with Crippen LogP contribution in [0.5, 0.6) is 5.75 Å². The van der Waals surface area contributed by atoms with Crippen molar-refractivity contribution in [1.29, 1.82) is 0 Å². The number of nitrogens with zero attached hydrogens (tertiary/aromatic N) is 1. The number of halogens is 1. The quantitative estimate of drug-likeness (QED) is 0.308. The first kappa shape index (κ1) is 27.5. The predicted molar refractivity (Wildman–Crippen MR) is 150 cm³/mol. The number of hydrogen-bond donors (Lipinski definition) is 3. The number of aliphatic carboxylic acids is 1. The van der Waals surface area contributed by atoms with Crippen molar-refractivity contribution in [3.05, 3.63) is 88.2 Å². The summed E-state index contributed by atoms with van der Waals surface area (Å²) in [4.78, 5) is 14.5. The van der Waals surface area contributed by atoms with Crippen LogP contribution < -0.4 is 15.8 Å². The zero-order valence-corrected chi connectivity index (χ0v) is 22.8. The summed E-state index contributed by atoms with van der Waals surface area (Å²) in [5.41, 5.74) is 10.6. The van der Waals surface area contributed by atoms with Crippen molar-refractivity contribution < 1.29 is 19.0 Å². The van der Waals surface area contributed by atoms with Crippen molar-refractivity contribution in [1.82, 2.24) is 4.90 Å². The average Bonchev–Trinajstić information content (AvgIpc) is 2.99. The highest BCUT2D eigenvalue weighted by atomic mass is 19.1. The third-order valence-corrected chi connectivity index (χ3v) is 7.28. The fourth-order valence-electron chi connectivity index (χ4n) is 5.38. The largest absolute Gasteiger partial charge is 0.486 e. The summed E-state index contributed by atoms with van der Waals surface area (Å²) in [6.45, 7) is 12.4. The van der Waals surface area contributed by atoms with E-state index in [-0.39, 0.29) is 16.9 Å². The van der Waals surface area contributed by atoms with Crippen LogP contribution in [0.1, 0.15) is 61.4 Å². The van der Waals surface area contributed by atoms with Crippen molar-refractivity contribution in [2.45, 2.75) is 59.2 Å². The molecule has 0 saturated carbocycles. The highest BCUT2D eigenvalue weighted by Crippen LogP contribution is 2.39. The van der Waals surface area contributed by atoms with Crippen molar-refractivity contribution in [2.24, 2.45) is 5.92 Å². The van der Waals surface area contributed by atoms with Gasteiger partial charge in [-0.25, -0.2) is 4.39 Å². The number of aryl methyl sites for hydroxylation is 1. The molecule has 1 heterocycles. The lowest BCUT2D eigenvalue weighted by molar-refractivity contribution is -0.141. The first-order valence-electron chi connectivity index (χ1n) is 13.1. The van der Waals surface area contributed by atoms with E-state index < -0.39 is 23.6 Å². The van der Waals surface area contributed by atoms with Gasteiger partial charge in [0.15, 0.2) is 5.82 Å². The Morgan fingerprint density at radius 1 is 1.21 bits per heavy atom. The van der Waals surface area contributed by atoms with Crippen LogP contribution in [-0.2, 0) is 17.9 Å². The van der Waals surface area contributed by atoms with Crippen LogP contribution in [0.3, 0.4) is 0 Å². The predicted octanol–water partition coefficient (Wildman–Crippen LogP) is 6.17. The molecule has 3 aromatic carbocycles. The topological polar surface area (TPSA) is 87.8 Å². The van der Waals surface area contributed by atoms with Crippen LogP contribution in [0.4, 0.5) is 15.8 Å². The van der Waals surface area contributed by atoms with Crippen LogP contribution in [0.2, 0.25) is 0 Å². The number of hydrogen-bond acceptors (Lipinski definition) is 5. The molecule has 1 aliphatic heterocycles. The molecule has 0 aromatic heterocycles. The molecule has 7 heteroatoms. The fourth-order valence-corrected chi connectivity index (χ4v) is 5.38. The second-order valence-corrected chi connectivity index (χ2v) is 10.9. The van der Waals surface area contributed by atoms with E-state index in [4.69, 9.17) is 10.5 Å². The summed E-state index contributed by atoms with van der Waals surface area (Å²) in [5.74, 6) is -2.23. The number of nitrogen functional groups attached to an aromatic ring is 1. The van der Waals surface area contributed by atoms with Gasteiger partial charge in [-0.1, -0.05) is 49.4 Å². The number of carboxylic acids is 1. The highest BCUT2D eigenvalue weighted by molar-refractivity contribution is 5.74. The average molecular weight is 520 g/mol. The van der Waals surface area contributed by atoms with Crippen LogP contribution in [-0.4, -0.2) is 34.7 Å². The SMILES string of the molecule is CCNc1ccc(C(c2ccc(C)c(CN3Cc4ccccc4OC(C)(C)C3)c2)C(C)C(=O)O)c(F)c1N. The molecule has 0 bridgehead atoms. The molecule has 2 atom stereocenters. The number of nitrogens with two attached hydrogens (primary N) is 1. The van der Waals surface area contributed by atoms with Crippen LogP contribution in [0.15, 0.2) is 54.6 Å². The summed E-state index contributed by atoms with van der Waals surface area (Å²) in [7, 11) is 0. The summed E-state index contributed by atoms with van der Waals surface area (Å²) >= 11 is 0. The molecule has 0 radical (unpaired) electrons. The number of carbonyl (C=O) groups is 1. The zero-order valence-electron chi connectivity index (χ0n) is 22.8. The molecule has 6 nitrogen and oxygen atoms in total. The Bertz CT molecular complexity index is 1320. The Kier molecular flexibility index (Phi) is 7.97. The summed E-state index contributed by atoms with van der Waals surface area (Å²) < 4.78 is 21.9. The van der Waals surface area contributed by atoms with Crippen LogP contribution in [0, 0.1) is 18.7 Å². The number of benzene rings is 3. The Balaban J connectivity index is 1.73. The van der Waals surface area contributed by atoms with Gasteiger partial charge in [-0.05, 0) is 62.1 Å². The molecular formula is C31H38FN3O3. The van der Waals surface area contributed by atoms with Gasteiger partial charge in [0, 0.05) is 37.7 Å². The first-order valence-corrected chi connectivity index (χ1v) is 13.1. The molecular weight excluding hydrogens is 481 g/mol. The minimum Gasteiger partial charge on any atom is -0.486 e. The van der Waals surface area contributed by atoms with Crippen LogP contribution in [0.25, 0.3) is 0 Å². The lowest BCUT2D eigenvalue weighted by Gasteiger charge is -2.30. The molecule has 0 fully saturated rings. The van der Waals surface area contributed by atoms with E-state index in [0.29, 0.717) is 18.8 Å². The van der Waals surface area contributed by atoms with Gasteiger partial charge in [-0.15, -0.1) is 0 Å². The lowest BCUT2D eigenvalue weighted by atomic mass is 9.80. The van der Waals surface area contributed by atoms with E-state index in [9.17, 15) is 9.90 Å². The van der Waals surface area contributed by atoms with E-state index in [1.54, 1.807) is 19.1 Å². The van der Waals surface area contributed by atoms with E-state index in [1.165, 1.54) is 0 Å². The van der Waals surface area contributed by atoms with Gasteiger partial charge in [0.25, 0.3) is 0 Å². The van der Waals surface area contributed by atoms with Gasteiger partial charge in [-0.3, -0.25) is 9.69 Å². The van der Waals surface area contributed by atoms with Crippen molar-refractivity contribution >= 4 is 17.3 Å². The van der Waals surface area contributed by atoms with E-state index in [1.807, 2.05) is 50.2 Å². The molecule has 4 rings (SSSR count). The van der Waals surface area contributed by atoms with Gasteiger partial charge < -0.3 is 20.9 Å². The maximum Gasteiger partial charge on any atom is 0.307 e. The molecule has 4 N–H and O–H groups in total. The summed E-state index contributed by atoms with van der Waals surface area (Å²) in [6, 6.07) is 17.4. The van der Waals surface area contributed by atoms with Gasteiger partial charge in [0.05, 0.1) is 17.3 Å². The first-order chi connectivity index (χ1) is 18.0. The maximum atomic E-state index is 15.6. The fraction of sp³-hybridized carbons (Fsp3) is 0.387. The zero-order chi connectivity index (χ0) is 27.6. The molecule has 0 aliphatic carbocycles. The highest BCUT2D eigenvalue weighted by Gasteiger charge is 2.32.